The Labute approximate surface area is 150 Å². The summed E-state index contributed by atoms with van der Waals surface area (Å²) >= 11 is 0. The van der Waals surface area contributed by atoms with Gasteiger partial charge in [0.05, 0.1) is 0 Å². The second-order valence-electron chi connectivity index (χ2n) is 6.00. The highest BCUT2D eigenvalue weighted by atomic mass is 28.5. The molecule has 0 spiro atoms. The van der Waals surface area contributed by atoms with E-state index in [4.69, 9.17) is 12.3 Å². The Hall–Kier alpha value is -1.03. The maximum Gasteiger partial charge on any atom is 0.328 e. The van der Waals surface area contributed by atoms with Gasteiger partial charge in [-0.3, -0.25) is 0 Å². The highest BCUT2D eigenvalue weighted by Gasteiger charge is 2.59. The maximum atomic E-state index is 6.69. The van der Waals surface area contributed by atoms with Gasteiger partial charge in [0.1, 0.15) is 0 Å². The molecule has 1 rings (SSSR count). The normalized spacial score (nSPS) is 20.5. The molecule has 0 unspecified atom stereocenters. The molecule has 0 atom stereocenters. The Morgan fingerprint density at radius 1 is 0.417 bits per heavy atom. The summed E-state index contributed by atoms with van der Waals surface area (Å²) in [5.74, 6) is 0. The molecular weight excluding hydrogens is 348 g/mol. The second kappa shape index (κ2) is 9.45. The average Bonchev–Trinajstić information content (AvgIpc) is 2.48. The fourth-order valence-corrected chi connectivity index (χ4v) is 20.0. The van der Waals surface area contributed by atoms with Crippen LogP contribution < -0.4 is 0 Å². The number of rotatable bonds is 12. The third-order valence-electron chi connectivity index (χ3n) is 3.85. The lowest BCUT2D eigenvalue weighted by Crippen LogP contribution is -2.69. The van der Waals surface area contributed by atoms with E-state index in [0.29, 0.717) is 36.3 Å². The van der Waals surface area contributed by atoms with Gasteiger partial charge in [0.25, 0.3) is 0 Å². The predicted molar refractivity (Wildman–Crippen MR) is 111 cm³/mol. The predicted octanol–water partition coefficient (Wildman–Crippen LogP) is 5.49. The van der Waals surface area contributed by atoms with Crippen molar-refractivity contribution >= 4 is 25.7 Å². The zero-order valence-corrected chi connectivity index (χ0v) is 17.7. The van der Waals surface area contributed by atoms with Crippen LogP contribution in [0.3, 0.4) is 0 Å². The van der Waals surface area contributed by atoms with Gasteiger partial charge in [0.15, 0.2) is 0 Å². The van der Waals surface area contributed by atoms with Crippen LogP contribution in [0.4, 0.5) is 0 Å². The average molecular weight is 379 g/mol. The van der Waals surface area contributed by atoms with Crippen LogP contribution in [0, 0.1) is 0 Å². The van der Waals surface area contributed by atoms with E-state index in [9.17, 15) is 0 Å². The van der Waals surface area contributed by atoms with Gasteiger partial charge in [-0.2, -0.15) is 0 Å². The molecule has 1 aliphatic heterocycles. The van der Waals surface area contributed by atoms with Crippen molar-refractivity contribution in [3.8, 4) is 0 Å². The van der Waals surface area contributed by atoms with Crippen molar-refractivity contribution in [3.63, 3.8) is 0 Å². The molecule has 1 fully saturated rings. The van der Waals surface area contributed by atoms with Crippen LogP contribution in [0.2, 0.25) is 36.3 Å². The molecule has 6 heteroatoms. The quantitative estimate of drug-likeness (QED) is 0.332. The summed E-state index contributed by atoms with van der Waals surface area (Å²) in [5.41, 5.74) is 0. The van der Waals surface area contributed by atoms with Gasteiger partial charge in [0, 0.05) is 36.3 Å². The van der Waals surface area contributed by atoms with Crippen molar-refractivity contribution in [1.82, 2.24) is 0 Å². The third-order valence-corrected chi connectivity index (χ3v) is 18.2. The van der Waals surface area contributed by atoms with Gasteiger partial charge in [-0.15, -0.1) is 39.5 Å². The first-order valence-electron chi connectivity index (χ1n) is 8.25. The van der Waals surface area contributed by atoms with Gasteiger partial charge in [0.2, 0.25) is 0 Å². The molecule has 0 bridgehead atoms. The lowest BCUT2D eigenvalue weighted by Gasteiger charge is -2.52. The van der Waals surface area contributed by atoms with E-state index in [0.717, 1.165) is 0 Å². The van der Waals surface area contributed by atoms with Crippen molar-refractivity contribution in [2.45, 2.75) is 36.3 Å². The monoisotopic (exact) mass is 378 g/mol. The first-order chi connectivity index (χ1) is 11.5. The van der Waals surface area contributed by atoms with Crippen LogP contribution in [0.25, 0.3) is 0 Å². The van der Waals surface area contributed by atoms with Crippen LogP contribution in [-0.4, -0.2) is 25.7 Å². The van der Waals surface area contributed by atoms with Gasteiger partial charge in [-0.1, -0.05) is 36.5 Å². The Morgan fingerprint density at radius 3 is 0.708 bits per heavy atom. The van der Waals surface area contributed by atoms with E-state index >= 15 is 0 Å². The minimum Gasteiger partial charge on any atom is -0.415 e. The summed E-state index contributed by atoms with van der Waals surface area (Å²) in [4.78, 5) is 0. The zero-order chi connectivity index (χ0) is 18.1. The first kappa shape index (κ1) is 21.0. The molecule has 0 aliphatic carbocycles. The molecule has 0 amide bonds. The van der Waals surface area contributed by atoms with Crippen LogP contribution in [0.1, 0.15) is 0 Å². The summed E-state index contributed by atoms with van der Waals surface area (Å²) in [6, 6.07) is 4.30. The van der Waals surface area contributed by atoms with E-state index in [2.05, 4.69) is 39.5 Å². The molecule has 1 saturated heterocycles. The van der Waals surface area contributed by atoms with E-state index in [1.54, 1.807) is 0 Å². The molecule has 3 nitrogen and oxygen atoms in total. The fraction of sp³-hybridized carbons (Fsp3) is 0.333. The third kappa shape index (κ3) is 4.98. The van der Waals surface area contributed by atoms with Crippen molar-refractivity contribution in [3.05, 3.63) is 75.9 Å². The maximum absolute atomic E-state index is 6.69. The van der Waals surface area contributed by atoms with Crippen molar-refractivity contribution in [2.75, 3.05) is 0 Å². The Kier molecular flexibility index (Phi) is 8.28. The van der Waals surface area contributed by atoms with Crippen molar-refractivity contribution in [1.29, 1.82) is 0 Å². The number of hydrogen-bond acceptors (Lipinski definition) is 3. The molecule has 1 heterocycles. The molecule has 0 saturated carbocycles. The van der Waals surface area contributed by atoms with Crippen molar-refractivity contribution in [2.24, 2.45) is 0 Å². The van der Waals surface area contributed by atoms with E-state index in [1.165, 1.54) is 0 Å². The number of hydrogen-bond donors (Lipinski definition) is 0. The molecule has 132 valence electrons. The molecular formula is C18H30O3Si3. The van der Waals surface area contributed by atoms with Crippen LogP contribution in [-0.2, 0) is 12.3 Å². The lowest BCUT2D eigenvalue weighted by atomic mass is 10.7. The highest BCUT2D eigenvalue weighted by molar-refractivity contribution is 6.95. The molecule has 0 aromatic carbocycles. The minimum atomic E-state index is -2.53. The van der Waals surface area contributed by atoms with Crippen LogP contribution in [0.5, 0.6) is 0 Å². The summed E-state index contributed by atoms with van der Waals surface area (Å²) in [5, 5.41) is 0. The van der Waals surface area contributed by atoms with Gasteiger partial charge in [-0.05, 0) is 0 Å². The Bertz CT molecular complexity index is 388. The van der Waals surface area contributed by atoms with E-state index in [1.807, 2.05) is 36.5 Å². The first-order valence-corrected chi connectivity index (χ1v) is 14.9. The summed E-state index contributed by atoms with van der Waals surface area (Å²) in [6.07, 6.45) is 11.4. The lowest BCUT2D eigenvalue weighted by molar-refractivity contribution is 0.220. The van der Waals surface area contributed by atoms with E-state index < -0.39 is 25.7 Å². The summed E-state index contributed by atoms with van der Waals surface area (Å²) in [7, 11) is -7.59. The smallest absolute Gasteiger partial charge is 0.328 e. The molecule has 1 aliphatic rings. The van der Waals surface area contributed by atoms with Crippen LogP contribution in [0.15, 0.2) is 75.9 Å². The van der Waals surface area contributed by atoms with E-state index in [-0.39, 0.29) is 0 Å². The van der Waals surface area contributed by atoms with Crippen LogP contribution >= 0.6 is 0 Å². The van der Waals surface area contributed by atoms with Gasteiger partial charge < -0.3 is 12.3 Å². The standard InChI is InChI=1S/C18H30O3Si3/c1-7-13-22(14-8-2)19-23(15-9-3,16-10-4)21-24(20-22,17-11-5)18-12-6/h7-12H,1-6,13-18H2. The second-order valence-corrected chi connectivity index (χ2v) is 16.4. The molecule has 24 heavy (non-hydrogen) atoms. The molecule has 0 aromatic rings. The Morgan fingerprint density at radius 2 is 0.583 bits per heavy atom. The molecule has 0 radical (unpaired) electrons. The minimum absolute atomic E-state index is 0.717. The van der Waals surface area contributed by atoms with Gasteiger partial charge >= 0.3 is 25.7 Å². The topological polar surface area (TPSA) is 27.7 Å². The number of allylic oxidation sites excluding steroid dienone is 6. The molecule has 0 N–H and O–H groups in total. The Balaban J connectivity index is 3.44. The summed E-state index contributed by atoms with van der Waals surface area (Å²) < 4.78 is 20.1. The fourth-order valence-electron chi connectivity index (χ4n) is 3.15. The van der Waals surface area contributed by atoms with Crippen molar-refractivity contribution < 1.29 is 12.3 Å². The largest absolute Gasteiger partial charge is 0.415 e. The molecule has 0 aromatic heterocycles. The summed E-state index contributed by atoms with van der Waals surface area (Å²) in [6.45, 7) is 23.5. The zero-order valence-electron chi connectivity index (χ0n) is 14.7. The van der Waals surface area contributed by atoms with Gasteiger partial charge in [-0.25, -0.2) is 0 Å². The highest BCUT2D eigenvalue weighted by Crippen LogP contribution is 2.42. The SMILES string of the molecule is C=CC[Si]1(CC=C)O[Si](CC=C)(CC=C)O[Si](CC=C)(CC=C)O1.